The van der Waals surface area contributed by atoms with Gasteiger partial charge < -0.3 is 15.0 Å². The van der Waals surface area contributed by atoms with Crippen molar-refractivity contribution in [3.05, 3.63) is 23.8 Å². The molecule has 2 aliphatic heterocycles. The molecule has 0 aromatic heterocycles. The lowest BCUT2D eigenvalue weighted by atomic mass is 10.1. The van der Waals surface area contributed by atoms with Crippen molar-refractivity contribution in [1.82, 2.24) is 4.90 Å². The largest absolute Gasteiger partial charge is 0.375 e. The maximum atomic E-state index is 12.7. The van der Waals surface area contributed by atoms with Crippen molar-refractivity contribution in [3.8, 4) is 0 Å². The number of hydrogen-bond acceptors (Lipinski definition) is 4. The molecule has 6 heteroatoms. The molecular formula is C15H18N2O3S. The average Bonchev–Trinajstić information content (AvgIpc) is 2.48. The van der Waals surface area contributed by atoms with Crippen molar-refractivity contribution < 1.29 is 14.3 Å². The molecule has 1 aromatic rings. The summed E-state index contributed by atoms with van der Waals surface area (Å²) in [6.45, 7) is 5.11. The Bertz CT molecular complexity index is 590. The molecule has 1 N–H and O–H groups in total. The van der Waals surface area contributed by atoms with Gasteiger partial charge in [0.05, 0.1) is 30.2 Å². The molecule has 0 saturated carbocycles. The van der Waals surface area contributed by atoms with E-state index in [0.29, 0.717) is 24.5 Å². The SMILES string of the molecule is CC1CN(C(=O)c2ccc3c(c2)NC(=O)CS3)C(C)CO1. The van der Waals surface area contributed by atoms with E-state index in [9.17, 15) is 9.59 Å². The van der Waals surface area contributed by atoms with Crippen molar-refractivity contribution >= 4 is 29.3 Å². The number of nitrogens with zero attached hydrogens (tertiary/aromatic N) is 1. The lowest BCUT2D eigenvalue weighted by Crippen LogP contribution is -2.50. The van der Waals surface area contributed by atoms with Gasteiger partial charge in [-0.2, -0.15) is 0 Å². The summed E-state index contributed by atoms with van der Waals surface area (Å²) < 4.78 is 5.56. The van der Waals surface area contributed by atoms with Crippen LogP contribution in [-0.4, -0.2) is 47.8 Å². The normalized spacial score (nSPS) is 25.2. The smallest absolute Gasteiger partial charge is 0.254 e. The summed E-state index contributed by atoms with van der Waals surface area (Å²) in [5.41, 5.74) is 1.34. The first-order valence-corrected chi connectivity index (χ1v) is 8.02. The third kappa shape index (κ3) is 2.91. The predicted octanol–water partition coefficient (Wildman–Crippen LogP) is 1.98. The van der Waals surface area contributed by atoms with Crippen LogP contribution in [0.25, 0.3) is 0 Å². The average molecular weight is 306 g/mol. The molecule has 2 unspecified atom stereocenters. The van der Waals surface area contributed by atoms with Gasteiger partial charge in [-0.05, 0) is 32.0 Å². The third-order valence-electron chi connectivity index (χ3n) is 3.73. The first-order valence-electron chi connectivity index (χ1n) is 7.04. The van der Waals surface area contributed by atoms with Crippen LogP contribution in [0.15, 0.2) is 23.1 Å². The number of morpholine rings is 1. The number of nitrogens with one attached hydrogen (secondary N) is 1. The van der Waals surface area contributed by atoms with Crippen LogP contribution in [-0.2, 0) is 9.53 Å². The summed E-state index contributed by atoms with van der Waals surface area (Å²) in [7, 11) is 0. The highest BCUT2D eigenvalue weighted by atomic mass is 32.2. The topological polar surface area (TPSA) is 58.6 Å². The zero-order valence-electron chi connectivity index (χ0n) is 12.1. The van der Waals surface area contributed by atoms with Crippen molar-refractivity contribution in [2.24, 2.45) is 0 Å². The number of carbonyl (C=O) groups excluding carboxylic acids is 2. The van der Waals surface area contributed by atoms with Crippen molar-refractivity contribution in [2.45, 2.75) is 30.9 Å². The zero-order chi connectivity index (χ0) is 15.0. The Hall–Kier alpha value is -1.53. The summed E-state index contributed by atoms with van der Waals surface area (Å²) in [5, 5.41) is 2.82. The van der Waals surface area contributed by atoms with E-state index >= 15 is 0 Å². The van der Waals surface area contributed by atoms with Gasteiger partial charge in [-0.15, -0.1) is 11.8 Å². The number of carbonyl (C=O) groups is 2. The summed E-state index contributed by atoms with van der Waals surface area (Å²) in [6, 6.07) is 5.57. The van der Waals surface area contributed by atoms with Gasteiger partial charge in [0, 0.05) is 17.0 Å². The third-order valence-corrected chi connectivity index (χ3v) is 4.80. The second kappa shape index (κ2) is 5.69. The van der Waals surface area contributed by atoms with E-state index in [4.69, 9.17) is 4.74 Å². The Morgan fingerprint density at radius 3 is 3.05 bits per heavy atom. The predicted molar refractivity (Wildman–Crippen MR) is 81.7 cm³/mol. The molecular weight excluding hydrogens is 288 g/mol. The van der Waals surface area contributed by atoms with Gasteiger partial charge in [-0.3, -0.25) is 9.59 Å². The molecule has 2 aliphatic rings. The Balaban J connectivity index is 1.84. The van der Waals surface area contributed by atoms with Crippen LogP contribution in [0.2, 0.25) is 0 Å². The second-order valence-electron chi connectivity index (χ2n) is 5.50. The molecule has 2 amide bonds. The Morgan fingerprint density at radius 2 is 2.24 bits per heavy atom. The highest BCUT2D eigenvalue weighted by Crippen LogP contribution is 2.32. The van der Waals surface area contributed by atoms with E-state index in [1.807, 2.05) is 30.9 Å². The minimum absolute atomic E-state index is 0.00901. The van der Waals surface area contributed by atoms with Crippen LogP contribution in [0.5, 0.6) is 0 Å². The summed E-state index contributed by atoms with van der Waals surface area (Å²) in [5.74, 6) is 0.397. The first-order chi connectivity index (χ1) is 10.0. The van der Waals surface area contributed by atoms with Crippen LogP contribution >= 0.6 is 11.8 Å². The number of anilines is 1. The molecule has 2 heterocycles. The van der Waals surface area contributed by atoms with Gasteiger partial charge in [0.2, 0.25) is 5.91 Å². The molecule has 1 saturated heterocycles. The zero-order valence-corrected chi connectivity index (χ0v) is 12.9. The van der Waals surface area contributed by atoms with Gasteiger partial charge >= 0.3 is 0 Å². The van der Waals surface area contributed by atoms with Gasteiger partial charge in [0.15, 0.2) is 0 Å². The van der Waals surface area contributed by atoms with E-state index in [-0.39, 0.29) is 24.0 Å². The molecule has 0 bridgehead atoms. The minimum atomic E-state index is -0.0227. The summed E-state index contributed by atoms with van der Waals surface area (Å²) in [6.07, 6.45) is 0.0537. The fraction of sp³-hybridized carbons (Fsp3) is 0.467. The molecule has 0 radical (unpaired) electrons. The molecule has 0 spiro atoms. The van der Waals surface area contributed by atoms with Gasteiger partial charge in [-0.25, -0.2) is 0 Å². The van der Waals surface area contributed by atoms with Crippen molar-refractivity contribution in [3.63, 3.8) is 0 Å². The van der Waals surface area contributed by atoms with Crippen LogP contribution in [0.3, 0.4) is 0 Å². The van der Waals surface area contributed by atoms with Crippen LogP contribution in [0.1, 0.15) is 24.2 Å². The van der Waals surface area contributed by atoms with Gasteiger partial charge in [0.1, 0.15) is 0 Å². The number of ether oxygens (including phenoxy) is 1. The summed E-state index contributed by atoms with van der Waals surface area (Å²) in [4.78, 5) is 27.0. The number of hydrogen-bond donors (Lipinski definition) is 1. The maximum absolute atomic E-state index is 12.7. The minimum Gasteiger partial charge on any atom is -0.375 e. The number of thioether (sulfide) groups is 1. The molecule has 2 atom stereocenters. The molecule has 112 valence electrons. The Labute approximate surface area is 128 Å². The molecule has 0 aliphatic carbocycles. The van der Waals surface area contributed by atoms with E-state index in [1.54, 1.807) is 6.07 Å². The Morgan fingerprint density at radius 1 is 1.43 bits per heavy atom. The highest BCUT2D eigenvalue weighted by Gasteiger charge is 2.29. The van der Waals surface area contributed by atoms with Gasteiger partial charge in [-0.1, -0.05) is 0 Å². The highest BCUT2D eigenvalue weighted by molar-refractivity contribution is 8.00. The second-order valence-corrected chi connectivity index (χ2v) is 6.52. The molecule has 1 fully saturated rings. The molecule has 1 aromatic carbocycles. The van der Waals surface area contributed by atoms with Crippen LogP contribution < -0.4 is 5.32 Å². The van der Waals surface area contributed by atoms with E-state index in [1.165, 1.54) is 11.8 Å². The number of fused-ring (bicyclic) bond motifs is 1. The fourth-order valence-electron chi connectivity index (χ4n) is 2.57. The monoisotopic (exact) mass is 306 g/mol. The van der Waals surface area contributed by atoms with Gasteiger partial charge in [0.25, 0.3) is 5.91 Å². The number of benzene rings is 1. The molecule has 3 rings (SSSR count). The fourth-order valence-corrected chi connectivity index (χ4v) is 3.36. The number of rotatable bonds is 1. The van der Waals surface area contributed by atoms with E-state index < -0.39 is 0 Å². The van der Waals surface area contributed by atoms with E-state index in [0.717, 1.165) is 10.6 Å². The molecule has 5 nitrogen and oxygen atoms in total. The van der Waals surface area contributed by atoms with Crippen molar-refractivity contribution in [2.75, 3.05) is 24.2 Å². The van der Waals surface area contributed by atoms with Crippen LogP contribution in [0.4, 0.5) is 5.69 Å². The number of amides is 2. The lowest BCUT2D eigenvalue weighted by Gasteiger charge is -2.37. The van der Waals surface area contributed by atoms with Crippen molar-refractivity contribution in [1.29, 1.82) is 0 Å². The summed E-state index contributed by atoms with van der Waals surface area (Å²) >= 11 is 1.50. The van der Waals surface area contributed by atoms with Crippen LogP contribution in [0, 0.1) is 0 Å². The van der Waals surface area contributed by atoms with E-state index in [2.05, 4.69) is 5.32 Å². The Kier molecular flexibility index (Phi) is 3.91. The first kappa shape index (κ1) is 14.4. The lowest BCUT2D eigenvalue weighted by molar-refractivity contribution is -0.113. The quantitative estimate of drug-likeness (QED) is 0.862. The standard InChI is InChI=1S/C15H18N2O3S/c1-9-7-20-10(2)6-17(9)15(19)11-3-4-13-12(5-11)16-14(18)8-21-13/h3-5,9-10H,6-8H2,1-2H3,(H,16,18). The maximum Gasteiger partial charge on any atom is 0.254 e. The molecule has 21 heavy (non-hydrogen) atoms.